The first-order valence-electron chi connectivity index (χ1n) is 8.96. The number of hydrogen-bond acceptors (Lipinski definition) is 7. The van der Waals surface area contributed by atoms with E-state index in [4.69, 9.17) is 5.14 Å². The third kappa shape index (κ3) is 6.81. The van der Waals surface area contributed by atoms with Crippen LogP contribution < -0.4 is 10.5 Å². The third-order valence-electron chi connectivity index (χ3n) is 4.16. The number of nitrogens with one attached hydrogen (secondary N) is 1. The standard InChI is InChI=1S/C19H24F3N3O2S3/c1-25(2)11-10-14(13-28-15-6-4-3-5-7-15)24-17-9-8-16(29-23)12-18(17)30(26,27)19(20,21)22/h3-9,12,14,24H,10-11,13,23H2,1-2H3. The van der Waals surface area contributed by atoms with Gasteiger partial charge in [-0.1, -0.05) is 18.2 Å². The molecule has 0 aliphatic carbocycles. The molecule has 166 valence electrons. The van der Waals surface area contributed by atoms with Crippen LogP contribution in [0.3, 0.4) is 0 Å². The molecule has 0 amide bonds. The molecule has 2 rings (SSSR count). The number of anilines is 1. The second-order valence-electron chi connectivity index (χ2n) is 6.78. The van der Waals surface area contributed by atoms with Crippen LogP contribution in [-0.4, -0.2) is 51.3 Å². The molecule has 11 heteroatoms. The fourth-order valence-electron chi connectivity index (χ4n) is 2.59. The van der Waals surface area contributed by atoms with Crippen molar-refractivity contribution < 1.29 is 21.6 Å². The fourth-order valence-corrected chi connectivity index (χ4v) is 4.94. The van der Waals surface area contributed by atoms with Crippen LogP contribution >= 0.6 is 23.7 Å². The average molecular weight is 480 g/mol. The van der Waals surface area contributed by atoms with Gasteiger partial charge < -0.3 is 10.2 Å². The van der Waals surface area contributed by atoms with E-state index in [2.05, 4.69) is 5.32 Å². The monoisotopic (exact) mass is 479 g/mol. The van der Waals surface area contributed by atoms with Crippen LogP contribution in [0.5, 0.6) is 0 Å². The summed E-state index contributed by atoms with van der Waals surface area (Å²) in [6, 6.07) is 13.1. The van der Waals surface area contributed by atoms with Crippen LogP contribution in [0.25, 0.3) is 0 Å². The maximum Gasteiger partial charge on any atom is 0.501 e. The molecule has 0 fully saturated rings. The van der Waals surface area contributed by atoms with Crippen molar-refractivity contribution in [3.05, 3.63) is 48.5 Å². The van der Waals surface area contributed by atoms with Gasteiger partial charge in [0.2, 0.25) is 0 Å². The van der Waals surface area contributed by atoms with E-state index in [1.54, 1.807) is 11.8 Å². The third-order valence-corrected chi connectivity index (χ3v) is 7.39. The summed E-state index contributed by atoms with van der Waals surface area (Å²) in [5, 5.41) is 8.45. The van der Waals surface area contributed by atoms with Gasteiger partial charge >= 0.3 is 5.51 Å². The molecular weight excluding hydrogens is 455 g/mol. The Hall–Kier alpha value is -1.40. The number of alkyl halides is 3. The Morgan fingerprint density at radius 3 is 2.33 bits per heavy atom. The van der Waals surface area contributed by atoms with E-state index in [9.17, 15) is 21.6 Å². The zero-order valence-corrected chi connectivity index (χ0v) is 19.0. The van der Waals surface area contributed by atoms with Crippen molar-refractivity contribution in [1.29, 1.82) is 0 Å². The van der Waals surface area contributed by atoms with Crippen LogP contribution in [0.15, 0.2) is 63.2 Å². The Balaban J connectivity index is 2.33. The van der Waals surface area contributed by atoms with Gasteiger partial charge in [0, 0.05) is 21.6 Å². The van der Waals surface area contributed by atoms with Crippen LogP contribution in [0.1, 0.15) is 6.42 Å². The highest BCUT2D eigenvalue weighted by Crippen LogP contribution is 2.36. The van der Waals surface area contributed by atoms with Gasteiger partial charge in [0.25, 0.3) is 9.84 Å². The SMILES string of the molecule is CN(C)CCC(CSc1ccccc1)Nc1ccc(SN)cc1S(=O)(=O)C(F)(F)F. The first-order chi connectivity index (χ1) is 14.0. The van der Waals surface area contributed by atoms with Crippen molar-refractivity contribution in [3.8, 4) is 0 Å². The molecule has 0 saturated heterocycles. The first-order valence-corrected chi connectivity index (χ1v) is 12.3. The van der Waals surface area contributed by atoms with E-state index in [0.717, 1.165) is 11.0 Å². The minimum absolute atomic E-state index is 0.0810. The van der Waals surface area contributed by atoms with Gasteiger partial charge in [-0.05, 0) is 69.3 Å². The average Bonchev–Trinajstić information content (AvgIpc) is 2.69. The Kier molecular flexibility index (Phi) is 8.92. The minimum atomic E-state index is -5.53. The molecule has 2 aromatic rings. The molecule has 1 atom stereocenters. The molecule has 30 heavy (non-hydrogen) atoms. The first kappa shape index (κ1) is 24.9. The Morgan fingerprint density at radius 2 is 1.77 bits per heavy atom. The lowest BCUT2D eigenvalue weighted by molar-refractivity contribution is -0.0435. The maximum atomic E-state index is 13.2. The predicted molar refractivity (Wildman–Crippen MR) is 117 cm³/mol. The van der Waals surface area contributed by atoms with Crippen LogP contribution in [-0.2, 0) is 9.84 Å². The minimum Gasteiger partial charge on any atom is -0.380 e. The molecule has 0 radical (unpaired) electrons. The quantitative estimate of drug-likeness (QED) is 0.385. The highest BCUT2D eigenvalue weighted by atomic mass is 32.2. The molecule has 3 N–H and O–H groups in total. The summed E-state index contributed by atoms with van der Waals surface area (Å²) in [6.07, 6.45) is 0.617. The van der Waals surface area contributed by atoms with Crippen LogP contribution in [0.4, 0.5) is 18.9 Å². The van der Waals surface area contributed by atoms with Gasteiger partial charge in [0.05, 0.1) is 5.69 Å². The highest BCUT2D eigenvalue weighted by Gasteiger charge is 2.48. The van der Waals surface area contributed by atoms with E-state index in [1.165, 1.54) is 12.1 Å². The lowest BCUT2D eigenvalue weighted by Gasteiger charge is -2.23. The zero-order chi connectivity index (χ0) is 22.4. The van der Waals surface area contributed by atoms with Gasteiger partial charge in [-0.2, -0.15) is 13.2 Å². The van der Waals surface area contributed by atoms with Crippen molar-refractivity contribution in [2.45, 2.75) is 32.7 Å². The number of nitrogens with two attached hydrogens (primary N) is 1. The molecule has 0 aliphatic rings. The summed E-state index contributed by atoms with van der Waals surface area (Å²) in [4.78, 5) is 2.40. The van der Waals surface area contributed by atoms with Crippen molar-refractivity contribution in [3.63, 3.8) is 0 Å². The number of nitrogens with zero attached hydrogens (tertiary/aromatic N) is 1. The summed E-state index contributed by atoms with van der Waals surface area (Å²) in [5.74, 6) is 0.552. The normalized spacial score (nSPS) is 13.4. The van der Waals surface area contributed by atoms with E-state index in [0.29, 0.717) is 30.7 Å². The summed E-state index contributed by atoms with van der Waals surface area (Å²) < 4.78 is 64.0. The Morgan fingerprint density at radius 1 is 1.10 bits per heavy atom. The van der Waals surface area contributed by atoms with Gasteiger partial charge in [-0.15, -0.1) is 11.8 Å². The summed E-state index contributed by atoms with van der Waals surface area (Å²) in [7, 11) is -1.74. The highest BCUT2D eigenvalue weighted by molar-refractivity contribution is 7.99. The molecule has 0 aromatic heterocycles. The Bertz CT molecular complexity index is 924. The van der Waals surface area contributed by atoms with Crippen molar-refractivity contribution in [1.82, 2.24) is 4.90 Å². The molecule has 0 aliphatic heterocycles. The van der Waals surface area contributed by atoms with Crippen molar-refractivity contribution in [2.24, 2.45) is 5.14 Å². The topological polar surface area (TPSA) is 75.4 Å². The second-order valence-corrected chi connectivity index (χ2v) is 10.5. The second kappa shape index (κ2) is 10.8. The van der Waals surface area contributed by atoms with E-state index < -0.39 is 20.2 Å². The number of halogens is 3. The zero-order valence-electron chi connectivity index (χ0n) is 16.5. The number of thioether (sulfide) groups is 1. The molecule has 2 aromatic carbocycles. The largest absolute Gasteiger partial charge is 0.501 e. The van der Waals surface area contributed by atoms with Gasteiger partial charge in [-0.25, -0.2) is 8.42 Å². The number of hydrogen-bond donors (Lipinski definition) is 2. The molecule has 0 heterocycles. The molecule has 1 unspecified atom stereocenters. The fraction of sp³-hybridized carbons (Fsp3) is 0.368. The Labute approximate surface area is 183 Å². The van der Waals surface area contributed by atoms with Crippen molar-refractivity contribution in [2.75, 3.05) is 31.7 Å². The van der Waals surface area contributed by atoms with Crippen molar-refractivity contribution >= 4 is 39.2 Å². The van der Waals surface area contributed by atoms with E-state index in [-0.39, 0.29) is 16.6 Å². The van der Waals surface area contributed by atoms with Gasteiger partial charge in [0.15, 0.2) is 0 Å². The molecule has 0 spiro atoms. The van der Waals surface area contributed by atoms with Crippen LogP contribution in [0, 0.1) is 0 Å². The molecular formula is C19H24F3N3O2S3. The maximum absolute atomic E-state index is 13.2. The summed E-state index contributed by atoms with van der Waals surface area (Å²) in [6.45, 7) is 0.686. The van der Waals surface area contributed by atoms with Crippen LogP contribution in [0.2, 0.25) is 0 Å². The molecule has 5 nitrogen and oxygen atoms in total. The number of rotatable bonds is 10. The van der Waals surface area contributed by atoms with Gasteiger partial charge in [0.1, 0.15) is 4.90 Å². The molecule has 0 saturated carbocycles. The van der Waals surface area contributed by atoms with E-state index in [1.807, 2.05) is 49.3 Å². The predicted octanol–water partition coefficient (Wildman–Crippen LogP) is 4.47. The van der Waals surface area contributed by atoms with Gasteiger partial charge in [-0.3, -0.25) is 5.14 Å². The summed E-state index contributed by atoms with van der Waals surface area (Å²) >= 11 is 2.24. The smallest absolute Gasteiger partial charge is 0.380 e. The number of benzene rings is 2. The lowest BCUT2D eigenvalue weighted by Crippen LogP contribution is -2.30. The lowest BCUT2D eigenvalue weighted by atomic mass is 10.2. The number of sulfone groups is 1. The van der Waals surface area contributed by atoms with E-state index >= 15 is 0 Å². The molecule has 0 bridgehead atoms. The summed E-state index contributed by atoms with van der Waals surface area (Å²) in [5.41, 5.74) is -5.48.